The second-order valence-electron chi connectivity index (χ2n) is 3.65. The molecule has 0 unspecified atom stereocenters. The van der Waals surface area contributed by atoms with Crippen LogP contribution in [0.5, 0.6) is 0 Å². The van der Waals surface area contributed by atoms with Crippen molar-refractivity contribution in [2.75, 3.05) is 0 Å². The molecule has 6 heteroatoms. The lowest BCUT2D eigenvalue weighted by Gasteiger charge is -2.16. The molecule has 0 aromatic heterocycles. The first-order valence-electron chi connectivity index (χ1n) is 5.34. The van der Waals surface area contributed by atoms with Crippen LogP contribution in [0.15, 0.2) is 60.7 Å². The summed E-state index contributed by atoms with van der Waals surface area (Å²) in [7, 11) is 0. The summed E-state index contributed by atoms with van der Waals surface area (Å²) < 4.78 is 0.551. The Bertz CT molecular complexity index is 480. The molecule has 0 saturated carbocycles. The number of amides is 2. The molecule has 0 saturated heterocycles. The Kier molecular flexibility index (Phi) is 6.12. The van der Waals surface area contributed by atoms with Gasteiger partial charge in [0.15, 0.2) is 0 Å². The topological polar surface area (TPSA) is 24.8 Å². The van der Waals surface area contributed by atoms with Crippen LogP contribution >= 0.6 is 23.6 Å². The molecule has 2 aromatic rings. The summed E-state index contributed by atoms with van der Waals surface area (Å²) in [6, 6.07) is 18.1. The van der Waals surface area contributed by atoms with Crippen LogP contribution in [0.1, 0.15) is 0 Å². The average Bonchev–Trinajstić information content (AvgIpc) is 2.41. The summed E-state index contributed by atoms with van der Waals surface area (Å²) in [5.41, 5.74) is 1.56. The van der Waals surface area contributed by atoms with Gasteiger partial charge in [0.05, 0.1) is 0 Å². The fourth-order valence-electron chi connectivity index (χ4n) is 1.71. The van der Waals surface area contributed by atoms with Gasteiger partial charge in [-0.05, 0) is 0 Å². The second kappa shape index (κ2) is 7.36. The van der Waals surface area contributed by atoms with E-state index in [2.05, 4.69) is 0 Å². The van der Waals surface area contributed by atoms with Gasteiger partial charge in [0.1, 0.15) is 11.4 Å². The lowest BCUT2D eigenvalue weighted by molar-refractivity contribution is -0.666. The zero-order valence-corrected chi connectivity index (χ0v) is 12.0. The molecule has 0 aliphatic heterocycles. The summed E-state index contributed by atoms with van der Waals surface area (Å²) >= 11 is 11.1. The smallest absolute Gasteiger partial charge is 0.457 e. The van der Waals surface area contributed by atoms with Crippen LogP contribution in [0.25, 0.3) is 0 Å². The number of halogens is 3. The molecule has 2 aromatic carbocycles. The van der Waals surface area contributed by atoms with E-state index in [-0.39, 0.29) is 12.4 Å². The van der Waals surface area contributed by atoms with Gasteiger partial charge in [-0.25, -0.2) is 4.79 Å². The number of hydrogen-bond acceptors (Lipinski definition) is 1. The number of para-hydroxylation sites is 2. The third-order valence-corrected chi connectivity index (χ3v) is 2.80. The number of benzene rings is 2. The van der Waals surface area contributed by atoms with Gasteiger partial charge >= 0.3 is 6.03 Å². The predicted molar refractivity (Wildman–Crippen MR) is 72.1 cm³/mol. The zero-order chi connectivity index (χ0) is 13.0. The SMILES string of the molecule is O=C(N(Cl)Cl)[NH+](c1ccccc1)c1ccccc1.[Cl-]. The van der Waals surface area contributed by atoms with Crippen molar-refractivity contribution < 1.29 is 22.1 Å². The molecule has 19 heavy (non-hydrogen) atoms. The molecule has 0 radical (unpaired) electrons. The van der Waals surface area contributed by atoms with Crippen molar-refractivity contribution in [1.29, 1.82) is 0 Å². The maximum atomic E-state index is 12.1. The fourth-order valence-corrected chi connectivity index (χ4v) is 1.88. The number of nitrogens with zero attached hydrogens (tertiary/aromatic N) is 1. The monoisotopic (exact) mass is 316 g/mol. The molecule has 0 aliphatic carbocycles. The highest BCUT2D eigenvalue weighted by Gasteiger charge is 2.28. The van der Waals surface area contributed by atoms with Crippen molar-refractivity contribution in [3.63, 3.8) is 0 Å². The van der Waals surface area contributed by atoms with Crippen molar-refractivity contribution >= 4 is 41.0 Å². The van der Waals surface area contributed by atoms with Crippen molar-refractivity contribution in [1.82, 2.24) is 3.94 Å². The molecule has 3 nitrogen and oxygen atoms in total. The Morgan fingerprint density at radius 2 is 1.21 bits per heavy atom. The molecule has 0 heterocycles. The largest absolute Gasteiger partial charge is 1.00 e. The minimum Gasteiger partial charge on any atom is -1.00 e. The van der Waals surface area contributed by atoms with E-state index in [0.717, 1.165) is 11.4 Å². The van der Waals surface area contributed by atoms with Crippen LogP contribution < -0.4 is 17.3 Å². The Morgan fingerprint density at radius 1 is 0.842 bits per heavy atom. The molecule has 1 N–H and O–H groups in total. The molecule has 2 rings (SSSR count). The third kappa shape index (κ3) is 3.85. The maximum Gasteiger partial charge on any atom is 0.457 e. The van der Waals surface area contributed by atoms with Gasteiger partial charge in [0.2, 0.25) is 0 Å². The summed E-state index contributed by atoms with van der Waals surface area (Å²) in [5, 5.41) is 0. The van der Waals surface area contributed by atoms with Gasteiger partial charge in [0, 0.05) is 47.8 Å². The van der Waals surface area contributed by atoms with E-state index >= 15 is 0 Å². The van der Waals surface area contributed by atoms with E-state index < -0.39 is 6.03 Å². The van der Waals surface area contributed by atoms with Gasteiger partial charge in [-0.3, -0.25) is 0 Å². The molecule has 100 valence electrons. The first-order valence-corrected chi connectivity index (χ1v) is 6.01. The normalized spacial score (nSPS) is 9.84. The quantitative estimate of drug-likeness (QED) is 0.790. The van der Waals surface area contributed by atoms with E-state index in [9.17, 15) is 4.79 Å². The zero-order valence-electron chi connectivity index (χ0n) is 9.76. The number of carbonyl (C=O) groups excluding carboxylic acids is 1. The lowest BCUT2D eigenvalue weighted by Crippen LogP contribution is -3.06. The maximum absolute atomic E-state index is 12.1. The second-order valence-corrected chi connectivity index (χ2v) is 4.49. The van der Waals surface area contributed by atoms with Gasteiger partial charge in [0.25, 0.3) is 0 Å². The van der Waals surface area contributed by atoms with E-state index in [1.54, 1.807) is 0 Å². The summed E-state index contributed by atoms with van der Waals surface area (Å²) in [6.07, 6.45) is 0. The summed E-state index contributed by atoms with van der Waals surface area (Å²) in [6.45, 7) is 0. The Morgan fingerprint density at radius 3 is 1.53 bits per heavy atom. The number of quaternary nitrogens is 1. The van der Waals surface area contributed by atoms with Gasteiger partial charge in [-0.15, -0.1) is 3.94 Å². The highest BCUT2D eigenvalue weighted by molar-refractivity contribution is 6.40. The van der Waals surface area contributed by atoms with Gasteiger partial charge < -0.3 is 12.4 Å². The van der Waals surface area contributed by atoms with Crippen LogP contribution in [-0.2, 0) is 0 Å². The number of rotatable bonds is 2. The molecule has 0 spiro atoms. The van der Waals surface area contributed by atoms with Gasteiger partial charge in [-0.2, -0.15) is 4.90 Å². The number of urea groups is 1. The summed E-state index contributed by atoms with van der Waals surface area (Å²) in [4.78, 5) is 12.5. The van der Waals surface area contributed by atoms with Crippen LogP contribution in [-0.4, -0.2) is 9.97 Å². The van der Waals surface area contributed by atoms with Crippen LogP contribution in [0, 0.1) is 0 Å². The van der Waals surface area contributed by atoms with E-state index in [4.69, 9.17) is 23.6 Å². The van der Waals surface area contributed by atoms with E-state index in [0.29, 0.717) is 8.84 Å². The Labute approximate surface area is 128 Å². The molecule has 0 atom stereocenters. The Hall–Kier alpha value is -1.26. The standard InChI is InChI=1S/C13H10Cl2N2O.ClH/c14-17(15)13(18)16(11-7-3-1-4-8-11)12-9-5-2-6-10-12;/h1-10H;1H. The fraction of sp³-hybridized carbons (Fsp3) is 0. The predicted octanol–water partition coefficient (Wildman–Crippen LogP) is 0.268. The highest BCUT2D eigenvalue weighted by atomic mass is 35.5. The first-order chi connectivity index (χ1) is 8.70. The minimum atomic E-state index is -0.448. The van der Waals surface area contributed by atoms with Crippen LogP contribution in [0.3, 0.4) is 0 Å². The van der Waals surface area contributed by atoms with Crippen molar-refractivity contribution in [3.05, 3.63) is 60.7 Å². The Balaban J connectivity index is 0.00000180. The van der Waals surface area contributed by atoms with Crippen molar-refractivity contribution in [2.24, 2.45) is 0 Å². The highest BCUT2D eigenvalue weighted by Crippen LogP contribution is 2.10. The lowest BCUT2D eigenvalue weighted by atomic mass is 10.2. The van der Waals surface area contributed by atoms with Gasteiger partial charge in [-0.1, -0.05) is 36.4 Å². The van der Waals surface area contributed by atoms with Crippen LogP contribution in [0.4, 0.5) is 16.2 Å². The third-order valence-electron chi connectivity index (χ3n) is 2.49. The molecule has 0 bridgehead atoms. The summed E-state index contributed by atoms with van der Waals surface area (Å²) in [5.74, 6) is 0. The molecule has 0 fully saturated rings. The molecule has 0 aliphatic rings. The number of hydrogen-bond donors (Lipinski definition) is 1. The number of nitrogens with one attached hydrogen (secondary N) is 1. The average molecular weight is 318 g/mol. The first kappa shape index (κ1) is 15.8. The van der Waals surface area contributed by atoms with E-state index in [1.807, 2.05) is 60.7 Å². The van der Waals surface area contributed by atoms with Crippen molar-refractivity contribution in [3.8, 4) is 0 Å². The molecular formula is C13H11Cl3N2O. The van der Waals surface area contributed by atoms with Crippen LogP contribution in [0.2, 0.25) is 0 Å². The molecule has 2 amide bonds. The van der Waals surface area contributed by atoms with E-state index in [1.165, 1.54) is 0 Å². The minimum absolute atomic E-state index is 0. The van der Waals surface area contributed by atoms with Crippen molar-refractivity contribution in [2.45, 2.75) is 0 Å². The molecular weight excluding hydrogens is 307 g/mol. The number of carbonyl (C=O) groups is 1.